The lowest BCUT2D eigenvalue weighted by atomic mass is 10.1. The van der Waals surface area contributed by atoms with E-state index in [0.29, 0.717) is 23.1 Å². The van der Waals surface area contributed by atoms with Crippen LogP contribution in [0.15, 0.2) is 61.2 Å². The molecule has 1 amide bonds. The number of amides is 1. The fourth-order valence-corrected chi connectivity index (χ4v) is 4.58. The van der Waals surface area contributed by atoms with Crippen LogP contribution in [-0.4, -0.2) is 27.0 Å². The molecular weight excluding hydrogens is 404 g/mol. The molecule has 0 saturated carbocycles. The molecule has 2 heterocycles. The molecule has 2 aromatic carbocycles. The number of anilines is 1. The van der Waals surface area contributed by atoms with Crippen molar-refractivity contribution in [3.63, 3.8) is 0 Å². The van der Waals surface area contributed by atoms with Gasteiger partial charge in [0.05, 0.1) is 22.5 Å². The molecule has 0 fully saturated rings. The molecule has 0 aliphatic rings. The largest absolute Gasteiger partial charge is 0.337 e. The molecule has 4 aromatic rings. The summed E-state index contributed by atoms with van der Waals surface area (Å²) in [5.74, 6) is 0.0383. The molecule has 0 bridgehead atoms. The topological polar surface area (TPSA) is 51.0 Å². The monoisotopic (exact) mass is 424 g/mol. The second-order valence-electron chi connectivity index (χ2n) is 6.95. The van der Waals surface area contributed by atoms with Crippen molar-refractivity contribution in [3.05, 3.63) is 77.3 Å². The number of aromatic nitrogens is 3. The van der Waals surface area contributed by atoms with Crippen molar-refractivity contribution in [3.8, 4) is 0 Å². The number of rotatable bonds is 7. The average molecular weight is 425 g/mol. The Kier molecular flexibility index (Phi) is 5.92. The lowest BCUT2D eigenvalue weighted by Crippen LogP contribution is -2.33. The first-order valence-electron chi connectivity index (χ1n) is 9.47. The molecule has 29 heavy (non-hydrogen) atoms. The van der Waals surface area contributed by atoms with Gasteiger partial charge in [0.15, 0.2) is 5.13 Å². The Morgan fingerprint density at radius 3 is 2.86 bits per heavy atom. The first kappa shape index (κ1) is 19.6. The molecule has 0 aliphatic carbocycles. The van der Waals surface area contributed by atoms with E-state index in [1.165, 1.54) is 11.3 Å². The van der Waals surface area contributed by atoms with Crippen LogP contribution in [0.2, 0.25) is 5.02 Å². The molecule has 0 aliphatic heterocycles. The van der Waals surface area contributed by atoms with Crippen molar-refractivity contribution >= 4 is 44.2 Å². The van der Waals surface area contributed by atoms with Crippen LogP contribution < -0.4 is 4.90 Å². The van der Waals surface area contributed by atoms with Gasteiger partial charge in [0.2, 0.25) is 5.91 Å². The second-order valence-corrected chi connectivity index (χ2v) is 8.36. The fourth-order valence-electron chi connectivity index (χ4n) is 3.27. The van der Waals surface area contributed by atoms with Gasteiger partial charge in [0.1, 0.15) is 5.52 Å². The van der Waals surface area contributed by atoms with Crippen LogP contribution in [0.25, 0.3) is 10.2 Å². The summed E-state index contributed by atoms with van der Waals surface area (Å²) in [5.41, 5.74) is 2.90. The van der Waals surface area contributed by atoms with Crippen LogP contribution in [0.1, 0.15) is 17.5 Å². The highest BCUT2D eigenvalue weighted by atomic mass is 35.5. The number of hydrogen-bond donors (Lipinski definition) is 0. The fraction of sp³-hybridized carbons (Fsp3) is 0.227. The van der Waals surface area contributed by atoms with Crippen molar-refractivity contribution in [1.82, 2.24) is 14.5 Å². The van der Waals surface area contributed by atoms with Gasteiger partial charge in [-0.3, -0.25) is 9.69 Å². The number of imidazole rings is 1. The number of carbonyl (C=O) groups excluding carboxylic acids is 1. The Bertz CT molecular complexity index is 1120. The third kappa shape index (κ3) is 4.66. The molecule has 0 saturated heterocycles. The zero-order valence-corrected chi connectivity index (χ0v) is 17.7. The molecule has 7 heteroatoms. The Labute approximate surface area is 178 Å². The summed E-state index contributed by atoms with van der Waals surface area (Å²) in [6, 6.07) is 13.8. The Morgan fingerprint density at radius 1 is 1.24 bits per heavy atom. The molecule has 4 rings (SSSR count). The summed E-state index contributed by atoms with van der Waals surface area (Å²) in [6.45, 7) is 3.41. The number of nitrogens with zero attached hydrogens (tertiary/aromatic N) is 4. The van der Waals surface area contributed by atoms with Gasteiger partial charge in [0, 0.05) is 25.5 Å². The van der Waals surface area contributed by atoms with E-state index < -0.39 is 0 Å². The zero-order valence-electron chi connectivity index (χ0n) is 16.1. The van der Waals surface area contributed by atoms with Gasteiger partial charge in [-0.25, -0.2) is 9.97 Å². The van der Waals surface area contributed by atoms with Gasteiger partial charge in [-0.2, -0.15) is 0 Å². The maximum atomic E-state index is 13.2. The van der Waals surface area contributed by atoms with Gasteiger partial charge in [-0.15, -0.1) is 0 Å². The number of thiazole rings is 1. The number of aryl methyl sites for hydroxylation is 2. The minimum Gasteiger partial charge on any atom is -0.337 e. The lowest BCUT2D eigenvalue weighted by Gasteiger charge is -2.20. The normalized spacial score (nSPS) is 11.1. The smallest absolute Gasteiger partial charge is 0.233 e. The number of hydrogen-bond acceptors (Lipinski definition) is 4. The quantitative estimate of drug-likeness (QED) is 0.413. The van der Waals surface area contributed by atoms with E-state index in [2.05, 4.69) is 16.0 Å². The van der Waals surface area contributed by atoms with Crippen molar-refractivity contribution < 1.29 is 4.79 Å². The summed E-state index contributed by atoms with van der Waals surface area (Å²) in [6.07, 6.45) is 6.62. The number of halogens is 1. The summed E-state index contributed by atoms with van der Waals surface area (Å²) >= 11 is 7.80. The van der Waals surface area contributed by atoms with Crippen molar-refractivity contribution in [2.24, 2.45) is 0 Å². The SMILES string of the molecule is Cc1cccc(CC(=O)N(CCCn2ccnc2)c2nc3c(Cl)cccc3s2)c1. The van der Waals surface area contributed by atoms with Crippen LogP contribution in [0.4, 0.5) is 5.13 Å². The third-order valence-corrected chi connectivity index (χ3v) is 6.03. The Hall–Kier alpha value is -2.70. The molecular formula is C22H21ClN4OS. The Balaban J connectivity index is 1.58. The first-order valence-corrected chi connectivity index (χ1v) is 10.7. The summed E-state index contributed by atoms with van der Waals surface area (Å²) in [7, 11) is 0. The predicted octanol–water partition coefficient (Wildman–Crippen LogP) is 5.12. The minimum absolute atomic E-state index is 0.0383. The van der Waals surface area contributed by atoms with Crippen molar-refractivity contribution in [2.45, 2.75) is 26.3 Å². The van der Waals surface area contributed by atoms with Gasteiger partial charge < -0.3 is 4.57 Å². The van der Waals surface area contributed by atoms with Gasteiger partial charge in [0.25, 0.3) is 0 Å². The van der Waals surface area contributed by atoms with Crippen molar-refractivity contribution in [1.29, 1.82) is 0 Å². The number of carbonyl (C=O) groups is 1. The molecule has 0 spiro atoms. The molecule has 2 aromatic heterocycles. The van der Waals surface area contributed by atoms with Crippen LogP contribution >= 0.6 is 22.9 Å². The maximum Gasteiger partial charge on any atom is 0.233 e. The van der Waals surface area contributed by atoms with Crippen LogP contribution in [-0.2, 0) is 17.8 Å². The van der Waals surface area contributed by atoms with Crippen LogP contribution in [0, 0.1) is 6.92 Å². The lowest BCUT2D eigenvalue weighted by molar-refractivity contribution is -0.118. The van der Waals surface area contributed by atoms with E-state index in [4.69, 9.17) is 11.6 Å². The number of fused-ring (bicyclic) bond motifs is 1. The van der Waals surface area contributed by atoms with E-state index in [9.17, 15) is 4.79 Å². The zero-order chi connectivity index (χ0) is 20.2. The van der Waals surface area contributed by atoms with E-state index in [1.54, 1.807) is 17.4 Å². The van der Waals surface area contributed by atoms with E-state index in [-0.39, 0.29) is 5.91 Å². The Morgan fingerprint density at radius 2 is 2.10 bits per heavy atom. The van der Waals surface area contributed by atoms with E-state index in [0.717, 1.165) is 34.3 Å². The van der Waals surface area contributed by atoms with Crippen LogP contribution in [0.3, 0.4) is 0 Å². The highest BCUT2D eigenvalue weighted by Crippen LogP contribution is 2.33. The minimum atomic E-state index is 0.0383. The first-order chi connectivity index (χ1) is 14.1. The maximum absolute atomic E-state index is 13.2. The van der Waals surface area contributed by atoms with E-state index >= 15 is 0 Å². The van der Waals surface area contributed by atoms with Gasteiger partial charge in [-0.1, -0.05) is 58.8 Å². The molecule has 5 nitrogen and oxygen atoms in total. The molecule has 0 unspecified atom stereocenters. The average Bonchev–Trinajstić information content (AvgIpc) is 3.35. The standard InChI is InChI=1S/C22H21ClN4OS/c1-16-5-2-6-17(13-16)14-20(28)27(11-4-10-26-12-9-24-15-26)22-25-21-18(23)7-3-8-19(21)29-22/h2-3,5-9,12-13,15H,4,10-11,14H2,1H3. The highest BCUT2D eigenvalue weighted by Gasteiger charge is 2.20. The third-order valence-electron chi connectivity index (χ3n) is 4.69. The van der Waals surface area contributed by atoms with Crippen LogP contribution in [0.5, 0.6) is 0 Å². The van der Waals surface area contributed by atoms with Gasteiger partial charge in [-0.05, 0) is 31.0 Å². The predicted molar refractivity (Wildman–Crippen MR) is 119 cm³/mol. The number of benzene rings is 2. The molecule has 0 atom stereocenters. The van der Waals surface area contributed by atoms with Gasteiger partial charge >= 0.3 is 0 Å². The second kappa shape index (κ2) is 8.76. The highest BCUT2D eigenvalue weighted by molar-refractivity contribution is 7.22. The molecule has 0 radical (unpaired) electrons. The summed E-state index contributed by atoms with van der Waals surface area (Å²) < 4.78 is 2.99. The molecule has 148 valence electrons. The number of para-hydroxylation sites is 1. The summed E-state index contributed by atoms with van der Waals surface area (Å²) in [4.78, 5) is 23.8. The van der Waals surface area contributed by atoms with E-state index in [1.807, 2.05) is 54.1 Å². The van der Waals surface area contributed by atoms with Crippen molar-refractivity contribution in [2.75, 3.05) is 11.4 Å². The summed E-state index contributed by atoms with van der Waals surface area (Å²) in [5, 5.41) is 1.30. The molecule has 0 N–H and O–H groups in total.